The molecule has 0 spiro atoms. The van der Waals surface area contributed by atoms with Gasteiger partial charge in [0, 0.05) is 10.2 Å². The Labute approximate surface area is 126 Å². The van der Waals surface area contributed by atoms with Crippen molar-refractivity contribution < 1.29 is 13.5 Å². The molecule has 2 rings (SSSR count). The number of hydrogen-bond donors (Lipinski definition) is 2. The molecule has 0 aromatic heterocycles. The third-order valence-corrected chi connectivity index (χ3v) is 5.11. The van der Waals surface area contributed by atoms with Crippen LogP contribution in [0.2, 0.25) is 0 Å². The zero-order valence-corrected chi connectivity index (χ0v) is 13.2. The van der Waals surface area contributed by atoms with Crippen LogP contribution in [0.4, 0.5) is 5.69 Å². The second-order valence-corrected chi connectivity index (χ2v) is 6.91. The summed E-state index contributed by atoms with van der Waals surface area (Å²) in [7, 11) is -3.61. The van der Waals surface area contributed by atoms with Gasteiger partial charge in [-0.25, -0.2) is 8.42 Å². The quantitative estimate of drug-likeness (QED) is 0.885. The largest absolute Gasteiger partial charge is 0.392 e. The van der Waals surface area contributed by atoms with Gasteiger partial charge in [0.1, 0.15) is 0 Å². The van der Waals surface area contributed by atoms with Crippen LogP contribution in [0.5, 0.6) is 0 Å². The van der Waals surface area contributed by atoms with Gasteiger partial charge in [0.05, 0.1) is 11.5 Å². The molecule has 0 aliphatic heterocycles. The highest BCUT2D eigenvalue weighted by Gasteiger charge is 2.14. The van der Waals surface area contributed by atoms with Gasteiger partial charge in [-0.2, -0.15) is 0 Å². The average Bonchev–Trinajstić information content (AvgIpc) is 2.43. The summed E-state index contributed by atoms with van der Waals surface area (Å²) in [6, 6.07) is 11.4. The van der Waals surface area contributed by atoms with Crippen LogP contribution in [-0.2, 0) is 16.6 Å². The first-order chi connectivity index (χ1) is 9.42. The van der Waals surface area contributed by atoms with Crippen molar-refractivity contribution in [3.05, 3.63) is 58.1 Å². The van der Waals surface area contributed by atoms with Gasteiger partial charge in [0.25, 0.3) is 10.0 Å². The lowest BCUT2D eigenvalue weighted by atomic mass is 10.2. The number of aryl methyl sites for hydroxylation is 1. The molecule has 106 valence electrons. The highest BCUT2D eigenvalue weighted by atomic mass is 79.9. The van der Waals surface area contributed by atoms with Crippen LogP contribution in [0.3, 0.4) is 0 Å². The fraction of sp³-hybridized carbons (Fsp3) is 0.143. The molecule has 4 nitrogen and oxygen atoms in total. The fourth-order valence-corrected chi connectivity index (χ4v) is 2.99. The molecular weight excluding hydrogens is 342 g/mol. The second kappa shape index (κ2) is 5.95. The van der Waals surface area contributed by atoms with Crippen LogP contribution in [0.1, 0.15) is 11.1 Å². The normalized spacial score (nSPS) is 11.3. The average molecular weight is 356 g/mol. The third kappa shape index (κ3) is 3.39. The molecule has 0 bridgehead atoms. The van der Waals surface area contributed by atoms with E-state index in [0.29, 0.717) is 11.3 Å². The minimum atomic E-state index is -3.61. The summed E-state index contributed by atoms with van der Waals surface area (Å²) >= 11 is 3.37. The first kappa shape index (κ1) is 15.0. The van der Waals surface area contributed by atoms with E-state index < -0.39 is 10.0 Å². The lowest BCUT2D eigenvalue weighted by Gasteiger charge is -2.09. The molecule has 0 saturated heterocycles. The minimum Gasteiger partial charge on any atom is -0.392 e. The number of nitrogens with one attached hydrogen (secondary N) is 1. The van der Waals surface area contributed by atoms with Crippen molar-refractivity contribution in [3.63, 3.8) is 0 Å². The number of hydrogen-bond acceptors (Lipinski definition) is 3. The molecule has 0 heterocycles. The smallest absolute Gasteiger partial charge is 0.261 e. The Balaban J connectivity index is 2.27. The number of sulfonamides is 1. The SMILES string of the molecule is Cc1cc(NS(=O)(=O)c2ccc(CO)cc2)ccc1Br. The van der Waals surface area contributed by atoms with Crippen molar-refractivity contribution in [2.75, 3.05) is 4.72 Å². The molecule has 0 radical (unpaired) electrons. The van der Waals surface area contributed by atoms with Crippen LogP contribution in [0.15, 0.2) is 51.8 Å². The van der Waals surface area contributed by atoms with Crippen LogP contribution in [0, 0.1) is 6.92 Å². The van der Waals surface area contributed by atoms with Crippen LogP contribution >= 0.6 is 15.9 Å². The predicted octanol–water partition coefficient (Wildman–Crippen LogP) is 3.05. The Morgan fingerprint density at radius 1 is 1.15 bits per heavy atom. The number of rotatable bonds is 4. The number of halogens is 1. The molecule has 0 aliphatic carbocycles. The highest BCUT2D eigenvalue weighted by molar-refractivity contribution is 9.10. The van der Waals surface area contributed by atoms with Gasteiger partial charge in [-0.3, -0.25) is 4.72 Å². The van der Waals surface area contributed by atoms with Gasteiger partial charge in [-0.05, 0) is 48.4 Å². The van der Waals surface area contributed by atoms with Crippen molar-refractivity contribution in [1.82, 2.24) is 0 Å². The highest BCUT2D eigenvalue weighted by Crippen LogP contribution is 2.22. The Bertz CT molecular complexity index is 712. The topological polar surface area (TPSA) is 66.4 Å². The molecule has 0 unspecified atom stereocenters. The first-order valence-corrected chi connectivity index (χ1v) is 8.19. The van der Waals surface area contributed by atoms with Crippen molar-refractivity contribution in [2.24, 2.45) is 0 Å². The molecule has 0 saturated carbocycles. The van der Waals surface area contributed by atoms with Crippen molar-refractivity contribution >= 4 is 31.6 Å². The number of anilines is 1. The summed E-state index contributed by atoms with van der Waals surface area (Å²) in [5.74, 6) is 0. The molecule has 0 aliphatic rings. The fourth-order valence-electron chi connectivity index (χ4n) is 1.70. The molecular formula is C14H14BrNO3S. The summed E-state index contributed by atoms with van der Waals surface area (Å²) in [6.45, 7) is 1.78. The molecule has 20 heavy (non-hydrogen) atoms. The maximum atomic E-state index is 12.2. The van der Waals surface area contributed by atoms with E-state index in [2.05, 4.69) is 20.7 Å². The molecule has 0 atom stereocenters. The van der Waals surface area contributed by atoms with Gasteiger partial charge in [0.15, 0.2) is 0 Å². The Morgan fingerprint density at radius 3 is 2.35 bits per heavy atom. The number of aliphatic hydroxyl groups is 1. The second-order valence-electron chi connectivity index (χ2n) is 4.37. The number of benzene rings is 2. The van der Waals surface area contributed by atoms with Crippen molar-refractivity contribution in [1.29, 1.82) is 0 Å². The Kier molecular flexibility index (Phi) is 4.47. The van der Waals surface area contributed by atoms with E-state index in [4.69, 9.17) is 5.11 Å². The summed E-state index contributed by atoms with van der Waals surface area (Å²) in [6.07, 6.45) is 0. The molecule has 0 fully saturated rings. The van der Waals surface area contributed by atoms with Crippen molar-refractivity contribution in [2.45, 2.75) is 18.4 Å². The standard InChI is InChI=1S/C14H14BrNO3S/c1-10-8-12(4-7-14(10)15)16-20(18,19)13-5-2-11(9-17)3-6-13/h2-8,16-17H,9H2,1H3. The van der Waals surface area contributed by atoms with Gasteiger partial charge < -0.3 is 5.11 Å². The summed E-state index contributed by atoms with van der Waals surface area (Å²) in [5.41, 5.74) is 2.13. The molecule has 2 N–H and O–H groups in total. The minimum absolute atomic E-state index is 0.111. The zero-order chi connectivity index (χ0) is 14.8. The van der Waals surface area contributed by atoms with Crippen LogP contribution < -0.4 is 4.72 Å². The monoisotopic (exact) mass is 355 g/mol. The summed E-state index contributed by atoms with van der Waals surface area (Å²) in [4.78, 5) is 0.162. The maximum Gasteiger partial charge on any atom is 0.261 e. The van der Waals surface area contributed by atoms with E-state index in [1.54, 1.807) is 30.3 Å². The van der Waals surface area contributed by atoms with E-state index in [9.17, 15) is 8.42 Å². The lowest BCUT2D eigenvalue weighted by Crippen LogP contribution is -2.13. The maximum absolute atomic E-state index is 12.2. The van der Waals surface area contributed by atoms with E-state index in [0.717, 1.165) is 10.0 Å². The molecule has 2 aromatic carbocycles. The van der Waals surface area contributed by atoms with Crippen molar-refractivity contribution in [3.8, 4) is 0 Å². The lowest BCUT2D eigenvalue weighted by molar-refractivity contribution is 0.282. The molecule has 0 amide bonds. The van der Waals surface area contributed by atoms with Gasteiger partial charge in [-0.15, -0.1) is 0 Å². The molecule has 2 aromatic rings. The van der Waals surface area contributed by atoms with E-state index >= 15 is 0 Å². The molecule has 6 heteroatoms. The van der Waals surface area contributed by atoms with Gasteiger partial charge in [-0.1, -0.05) is 28.1 Å². The summed E-state index contributed by atoms with van der Waals surface area (Å²) < 4.78 is 27.9. The van der Waals surface area contributed by atoms with Crippen LogP contribution in [-0.4, -0.2) is 13.5 Å². The first-order valence-electron chi connectivity index (χ1n) is 5.91. The predicted molar refractivity (Wildman–Crippen MR) is 82.1 cm³/mol. The zero-order valence-electron chi connectivity index (χ0n) is 10.8. The summed E-state index contributed by atoms with van der Waals surface area (Å²) in [5, 5.41) is 8.95. The number of aliphatic hydroxyl groups excluding tert-OH is 1. The Morgan fingerprint density at radius 2 is 1.80 bits per heavy atom. The van der Waals surface area contributed by atoms with Crippen LogP contribution in [0.25, 0.3) is 0 Å². The van der Waals surface area contributed by atoms with E-state index in [1.807, 2.05) is 6.92 Å². The Hall–Kier alpha value is -1.37. The van der Waals surface area contributed by atoms with Gasteiger partial charge >= 0.3 is 0 Å². The van der Waals surface area contributed by atoms with E-state index in [-0.39, 0.29) is 11.5 Å². The third-order valence-electron chi connectivity index (χ3n) is 2.83. The van der Waals surface area contributed by atoms with E-state index in [1.165, 1.54) is 12.1 Å². The van der Waals surface area contributed by atoms with Gasteiger partial charge in [0.2, 0.25) is 0 Å².